The number of likely N-dealkylation sites (tertiary alicyclic amines) is 1. The fourth-order valence-electron chi connectivity index (χ4n) is 2.55. The largest absolute Gasteiger partial charge is 0.462 e. The molecule has 0 saturated carbocycles. The molecule has 8 nitrogen and oxygen atoms in total. The molecule has 1 aliphatic heterocycles. The van der Waals surface area contributed by atoms with Crippen LogP contribution in [0.4, 0.5) is 10.5 Å². The van der Waals surface area contributed by atoms with E-state index in [0.717, 1.165) is 6.42 Å². The normalized spacial score (nSPS) is 16.4. The van der Waals surface area contributed by atoms with Gasteiger partial charge in [0, 0.05) is 13.6 Å². The lowest BCUT2D eigenvalue weighted by Gasteiger charge is -2.23. The second kappa shape index (κ2) is 8.19. The maximum Gasteiger partial charge on any atom is 0.338 e. The molecule has 0 aromatic heterocycles. The van der Waals surface area contributed by atoms with E-state index in [1.54, 1.807) is 38.2 Å². The van der Waals surface area contributed by atoms with E-state index >= 15 is 0 Å². The van der Waals surface area contributed by atoms with Gasteiger partial charge in [0.25, 0.3) is 5.91 Å². The van der Waals surface area contributed by atoms with E-state index in [-0.39, 0.29) is 17.9 Å². The summed E-state index contributed by atoms with van der Waals surface area (Å²) in [6.07, 6.45) is 1.42. The molecule has 1 atom stereocenters. The van der Waals surface area contributed by atoms with E-state index < -0.39 is 6.04 Å². The van der Waals surface area contributed by atoms with Crippen molar-refractivity contribution in [3.8, 4) is 0 Å². The van der Waals surface area contributed by atoms with Crippen LogP contribution < -0.4 is 16.2 Å². The molecule has 3 amide bonds. The summed E-state index contributed by atoms with van der Waals surface area (Å²) in [6.45, 7) is 2.62. The van der Waals surface area contributed by atoms with Crippen molar-refractivity contribution >= 4 is 23.6 Å². The first-order valence-electron chi connectivity index (χ1n) is 7.88. The van der Waals surface area contributed by atoms with Crippen LogP contribution in [0.2, 0.25) is 0 Å². The second-order valence-corrected chi connectivity index (χ2v) is 5.32. The van der Waals surface area contributed by atoms with Crippen LogP contribution in [-0.4, -0.2) is 49.0 Å². The molecule has 0 aliphatic carbocycles. The van der Waals surface area contributed by atoms with Crippen LogP contribution in [-0.2, 0) is 9.53 Å². The Morgan fingerprint density at radius 3 is 2.58 bits per heavy atom. The standard InChI is InChI=1S/C16H22N4O4/c1-3-24-15(22)11-6-8-12(9-7-11)18-19-14(21)13-5-4-10-20(13)16(23)17-2/h6-9,13,18H,3-5,10H2,1-2H3,(H,17,23)(H,19,21). The number of carbonyl (C=O) groups is 3. The van der Waals surface area contributed by atoms with Crippen molar-refractivity contribution in [1.82, 2.24) is 15.6 Å². The number of benzene rings is 1. The molecule has 130 valence electrons. The van der Waals surface area contributed by atoms with Crippen molar-refractivity contribution < 1.29 is 19.1 Å². The number of rotatable bonds is 5. The minimum atomic E-state index is -0.490. The van der Waals surface area contributed by atoms with Crippen LogP contribution in [0.3, 0.4) is 0 Å². The number of ether oxygens (including phenoxy) is 1. The molecular weight excluding hydrogens is 312 g/mol. The van der Waals surface area contributed by atoms with Crippen molar-refractivity contribution in [1.29, 1.82) is 0 Å². The van der Waals surface area contributed by atoms with Crippen molar-refractivity contribution in [2.45, 2.75) is 25.8 Å². The summed E-state index contributed by atoms with van der Waals surface area (Å²) in [5, 5.41) is 2.54. The minimum absolute atomic E-state index is 0.258. The van der Waals surface area contributed by atoms with Crippen LogP contribution >= 0.6 is 0 Å². The third-order valence-corrected chi connectivity index (χ3v) is 3.76. The monoisotopic (exact) mass is 334 g/mol. The van der Waals surface area contributed by atoms with E-state index in [1.165, 1.54) is 4.90 Å². The van der Waals surface area contributed by atoms with Gasteiger partial charge >= 0.3 is 12.0 Å². The summed E-state index contributed by atoms with van der Waals surface area (Å²) in [7, 11) is 1.54. The number of carbonyl (C=O) groups excluding carboxylic acids is 3. The SMILES string of the molecule is CCOC(=O)c1ccc(NNC(=O)C2CCCN2C(=O)NC)cc1. The lowest BCUT2D eigenvalue weighted by Crippen LogP contribution is -2.49. The van der Waals surface area contributed by atoms with Gasteiger partial charge < -0.3 is 15.0 Å². The Kier molecular flexibility index (Phi) is 6.00. The topological polar surface area (TPSA) is 99.8 Å². The fourth-order valence-corrected chi connectivity index (χ4v) is 2.55. The Balaban J connectivity index is 1.89. The van der Waals surface area contributed by atoms with Gasteiger partial charge in [0.05, 0.1) is 17.9 Å². The Morgan fingerprint density at radius 1 is 1.25 bits per heavy atom. The molecule has 0 spiro atoms. The molecular formula is C16H22N4O4. The maximum atomic E-state index is 12.2. The fraction of sp³-hybridized carbons (Fsp3) is 0.438. The summed E-state index contributed by atoms with van der Waals surface area (Å²) in [4.78, 5) is 37.1. The van der Waals surface area contributed by atoms with Gasteiger partial charge in [-0.15, -0.1) is 0 Å². The summed E-state index contributed by atoms with van der Waals surface area (Å²) in [6, 6.07) is 5.80. The van der Waals surface area contributed by atoms with Gasteiger partial charge in [-0.3, -0.25) is 15.6 Å². The zero-order chi connectivity index (χ0) is 17.5. The first-order chi connectivity index (χ1) is 11.6. The Labute approximate surface area is 140 Å². The molecule has 1 aliphatic rings. The van der Waals surface area contributed by atoms with Crippen LogP contribution in [0.5, 0.6) is 0 Å². The molecule has 0 bridgehead atoms. The quantitative estimate of drug-likeness (QED) is 0.553. The van der Waals surface area contributed by atoms with E-state index in [2.05, 4.69) is 16.2 Å². The van der Waals surface area contributed by atoms with E-state index in [0.29, 0.717) is 30.8 Å². The highest BCUT2D eigenvalue weighted by Gasteiger charge is 2.33. The van der Waals surface area contributed by atoms with Gasteiger partial charge in [0.2, 0.25) is 0 Å². The zero-order valence-corrected chi connectivity index (χ0v) is 13.8. The minimum Gasteiger partial charge on any atom is -0.462 e. The molecule has 1 saturated heterocycles. The van der Waals surface area contributed by atoms with Gasteiger partial charge in [0.15, 0.2) is 0 Å². The molecule has 8 heteroatoms. The lowest BCUT2D eigenvalue weighted by atomic mass is 10.2. The molecule has 1 unspecified atom stereocenters. The van der Waals surface area contributed by atoms with E-state index in [4.69, 9.17) is 4.74 Å². The van der Waals surface area contributed by atoms with Crippen LogP contribution in [0.1, 0.15) is 30.1 Å². The van der Waals surface area contributed by atoms with Crippen LogP contribution in [0.25, 0.3) is 0 Å². The van der Waals surface area contributed by atoms with Gasteiger partial charge in [-0.05, 0) is 44.0 Å². The molecule has 1 aromatic carbocycles. The van der Waals surface area contributed by atoms with Crippen molar-refractivity contribution in [3.63, 3.8) is 0 Å². The molecule has 3 N–H and O–H groups in total. The number of hydrazine groups is 1. The summed E-state index contributed by atoms with van der Waals surface area (Å²) < 4.78 is 4.91. The Morgan fingerprint density at radius 2 is 1.96 bits per heavy atom. The first-order valence-corrected chi connectivity index (χ1v) is 7.88. The predicted octanol–water partition coefficient (Wildman–Crippen LogP) is 1.11. The average molecular weight is 334 g/mol. The third-order valence-electron chi connectivity index (χ3n) is 3.76. The third kappa shape index (κ3) is 4.15. The predicted molar refractivity (Wildman–Crippen MR) is 88.3 cm³/mol. The summed E-state index contributed by atoms with van der Waals surface area (Å²) >= 11 is 0. The van der Waals surface area contributed by atoms with Crippen LogP contribution in [0.15, 0.2) is 24.3 Å². The zero-order valence-electron chi connectivity index (χ0n) is 13.8. The molecule has 1 fully saturated rings. The highest BCUT2D eigenvalue weighted by molar-refractivity contribution is 5.90. The highest BCUT2D eigenvalue weighted by Crippen LogP contribution is 2.17. The summed E-state index contributed by atoms with van der Waals surface area (Å²) in [5.41, 5.74) is 6.45. The van der Waals surface area contributed by atoms with Gasteiger partial charge in [-0.1, -0.05) is 0 Å². The highest BCUT2D eigenvalue weighted by atomic mass is 16.5. The molecule has 0 radical (unpaired) electrons. The first kappa shape index (κ1) is 17.6. The van der Waals surface area contributed by atoms with Crippen LogP contribution in [0, 0.1) is 0 Å². The maximum absolute atomic E-state index is 12.2. The second-order valence-electron chi connectivity index (χ2n) is 5.32. The van der Waals surface area contributed by atoms with E-state index in [1.807, 2.05) is 0 Å². The number of urea groups is 1. The number of hydrogen-bond acceptors (Lipinski definition) is 5. The van der Waals surface area contributed by atoms with Crippen molar-refractivity contribution in [2.24, 2.45) is 0 Å². The molecule has 2 rings (SSSR count). The molecule has 1 heterocycles. The molecule has 1 aromatic rings. The van der Waals surface area contributed by atoms with Gasteiger partial charge in [-0.2, -0.15) is 0 Å². The van der Waals surface area contributed by atoms with Gasteiger partial charge in [-0.25, -0.2) is 9.59 Å². The number of amides is 3. The number of anilines is 1. The number of nitrogens with zero attached hydrogens (tertiary/aromatic N) is 1. The number of nitrogens with one attached hydrogen (secondary N) is 3. The van der Waals surface area contributed by atoms with Gasteiger partial charge in [0.1, 0.15) is 6.04 Å². The molecule has 24 heavy (non-hydrogen) atoms. The van der Waals surface area contributed by atoms with Crippen molar-refractivity contribution in [3.05, 3.63) is 29.8 Å². The summed E-state index contributed by atoms with van der Waals surface area (Å²) in [5.74, 6) is -0.661. The number of esters is 1. The Hall–Kier alpha value is -2.77. The Bertz CT molecular complexity index is 603. The van der Waals surface area contributed by atoms with E-state index in [9.17, 15) is 14.4 Å². The average Bonchev–Trinajstić information content (AvgIpc) is 3.09. The van der Waals surface area contributed by atoms with Crippen molar-refractivity contribution in [2.75, 3.05) is 25.6 Å². The number of hydrogen-bond donors (Lipinski definition) is 3. The lowest BCUT2D eigenvalue weighted by molar-refractivity contribution is -0.124. The smallest absolute Gasteiger partial charge is 0.338 e.